The summed E-state index contributed by atoms with van der Waals surface area (Å²) in [6, 6.07) is 5.29. The van der Waals surface area contributed by atoms with Crippen LogP contribution in [0.3, 0.4) is 0 Å². The highest BCUT2D eigenvalue weighted by molar-refractivity contribution is 6.31. The molecule has 3 rings (SSSR count). The number of anilines is 1. The maximum Gasteiger partial charge on any atom is 0.306 e. The first-order chi connectivity index (χ1) is 11.0. The van der Waals surface area contributed by atoms with Crippen LogP contribution in [0.15, 0.2) is 18.2 Å². The van der Waals surface area contributed by atoms with Gasteiger partial charge in [0.15, 0.2) is 6.61 Å². The maximum atomic E-state index is 11.9. The summed E-state index contributed by atoms with van der Waals surface area (Å²) in [7, 11) is 0. The number of hydrogen-bond donors (Lipinski definition) is 1. The fourth-order valence-corrected chi connectivity index (χ4v) is 4.09. The average molecular weight is 336 g/mol. The fraction of sp³-hybridized carbons (Fsp3) is 0.556. The Labute approximate surface area is 141 Å². The van der Waals surface area contributed by atoms with Gasteiger partial charge in [-0.2, -0.15) is 0 Å². The Morgan fingerprint density at radius 3 is 2.78 bits per heavy atom. The number of benzene rings is 1. The third-order valence-electron chi connectivity index (χ3n) is 5.13. The van der Waals surface area contributed by atoms with E-state index in [1.807, 2.05) is 13.0 Å². The number of nitrogens with one attached hydrogen (secondary N) is 1. The molecule has 0 saturated heterocycles. The van der Waals surface area contributed by atoms with Crippen molar-refractivity contribution >= 4 is 29.2 Å². The van der Waals surface area contributed by atoms with E-state index in [4.69, 9.17) is 16.3 Å². The molecule has 1 N–H and O–H groups in total. The van der Waals surface area contributed by atoms with Gasteiger partial charge in [-0.15, -0.1) is 0 Å². The summed E-state index contributed by atoms with van der Waals surface area (Å²) in [5.41, 5.74) is 1.55. The molecule has 0 aromatic heterocycles. The molecule has 1 aromatic carbocycles. The lowest BCUT2D eigenvalue weighted by Gasteiger charge is -2.20. The first-order valence-corrected chi connectivity index (χ1v) is 8.60. The Hall–Kier alpha value is -1.55. The second-order valence-electron chi connectivity index (χ2n) is 6.81. The lowest BCUT2D eigenvalue weighted by Crippen LogP contribution is -2.23. The summed E-state index contributed by atoms with van der Waals surface area (Å²) >= 11 is 6.01. The van der Waals surface area contributed by atoms with Crippen molar-refractivity contribution in [3.05, 3.63) is 28.8 Å². The Kier molecular flexibility index (Phi) is 4.90. The molecule has 2 bridgehead atoms. The third kappa shape index (κ3) is 4.05. The summed E-state index contributed by atoms with van der Waals surface area (Å²) in [6.45, 7) is 1.65. The molecule has 4 nitrogen and oxygen atoms in total. The average Bonchev–Trinajstić information content (AvgIpc) is 3.12. The van der Waals surface area contributed by atoms with Crippen molar-refractivity contribution in [3.63, 3.8) is 0 Å². The molecule has 0 spiro atoms. The van der Waals surface area contributed by atoms with Gasteiger partial charge in [-0.3, -0.25) is 9.59 Å². The van der Waals surface area contributed by atoms with Gasteiger partial charge in [-0.05, 0) is 61.6 Å². The van der Waals surface area contributed by atoms with Gasteiger partial charge < -0.3 is 10.1 Å². The van der Waals surface area contributed by atoms with Crippen LogP contribution in [0.4, 0.5) is 5.69 Å². The van der Waals surface area contributed by atoms with Gasteiger partial charge in [0, 0.05) is 17.1 Å². The van der Waals surface area contributed by atoms with Crippen LogP contribution in [0.2, 0.25) is 5.02 Å². The highest BCUT2D eigenvalue weighted by Crippen LogP contribution is 2.49. The van der Waals surface area contributed by atoms with Crippen LogP contribution in [-0.2, 0) is 14.3 Å². The van der Waals surface area contributed by atoms with Gasteiger partial charge in [-0.25, -0.2) is 0 Å². The highest BCUT2D eigenvalue weighted by atomic mass is 35.5. The minimum absolute atomic E-state index is 0.245. The minimum atomic E-state index is -0.341. The molecular weight excluding hydrogens is 314 g/mol. The molecule has 0 radical (unpaired) electrons. The zero-order valence-electron chi connectivity index (χ0n) is 13.3. The number of carbonyl (C=O) groups excluding carboxylic acids is 2. The molecule has 23 heavy (non-hydrogen) atoms. The maximum absolute atomic E-state index is 11.9. The fourth-order valence-electron chi connectivity index (χ4n) is 3.91. The molecule has 2 saturated carbocycles. The Bertz CT molecular complexity index is 616. The molecule has 0 heterocycles. The predicted molar refractivity (Wildman–Crippen MR) is 89.3 cm³/mol. The number of amides is 1. The van der Waals surface area contributed by atoms with Gasteiger partial charge >= 0.3 is 5.97 Å². The number of aryl methyl sites for hydroxylation is 1. The van der Waals surface area contributed by atoms with Crippen LogP contribution in [0.5, 0.6) is 0 Å². The first-order valence-electron chi connectivity index (χ1n) is 8.23. The Morgan fingerprint density at radius 1 is 1.30 bits per heavy atom. The van der Waals surface area contributed by atoms with E-state index in [0.717, 1.165) is 17.9 Å². The second-order valence-corrected chi connectivity index (χ2v) is 7.22. The van der Waals surface area contributed by atoms with Crippen LogP contribution in [0, 0.1) is 24.7 Å². The smallest absolute Gasteiger partial charge is 0.306 e. The topological polar surface area (TPSA) is 55.4 Å². The molecule has 2 fully saturated rings. The molecule has 1 aromatic rings. The van der Waals surface area contributed by atoms with E-state index in [1.54, 1.807) is 12.1 Å². The standard InChI is InChI=1S/C18H22ClNO3/c1-11-2-5-15(9-16(11)19)20-17(21)10-23-18(22)8-14-7-12-3-4-13(14)6-12/h2,5,9,12-14H,3-4,6-8,10H2,1H3,(H,20,21)/t12-,13+,14-/m0/s1. The van der Waals surface area contributed by atoms with E-state index in [-0.39, 0.29) is 18.5 Å². The van der Waals surface area contributed by atoms with E-state index in [9.17, 15) is 9.59 Å². The van der Waals surface area contributed by atoms with Crippen LogP contribution in [0.1, 0.15) is 37.7 Å². The third-order valence-corrected chi connectivity index (χ3v) is 5.54. The largest absolute Gasteiger partial charge is 0.456 e. The van der Waals surface area contributed by atoms with Crippen molar-refractivity contribution in [3.8, 4) is 0 Å². The van der Waals surface area contributed by atoms with Crippen molar-refractivity contribution < 1.29 is 14.3 Å². The number of fused-ring (bicyclic) bond motifs is 2. The molecular formula is C18H22ClNO3. The number of halogens is 1. The number of rotatable bonds is 5. The van der Waals surface area contributed by atoms with Gasteiger partial charge in [0.2, 0.25) is 0 Å². The van der Waals surface area contributed by atoms with Crippen molar-refractivity contribution in [1.82, 2.24) is 0 Å². The summed E-state index contributed by atoms with van der Waals surface area (Å²) < 4.78 is 5.12. The monoisotopic (exact) mass is 335 g/mol. The van der Waals surface area contributed by atoms with Crippen molar-refractivity contribution in [2.75, 3.05) is 11.9 Å². The Balaban J connectivity index is 1.41. The van der Waals surface area contributed by atoms with E-state index in [0.29, 0.717) is 29.0 Å². The van der Waals surface area contributed by atoms with Gasteiger partial charge in [0.25, 0.3) is 5.91 Å². The number of hydrogen-bond acceptors (Lipinski definition) is 3. The number of esters is 1. The molecule has 3 atom stereocenters. The molecule has 2 aliphatic carbocycles. The SMILES string of the molecule is Cc1ccc(NC(=O)COC(=O)C[C@@H]2C[C@H]3CC[C@@H]2C3)cc1Cl. The number of ether oxygens (including phenoxy) is 1. The molecule has 124 valence electrons. The highest BCUT2D eigenvalue weighted by Gasteiger charge is 2.40. The predicted octanol–water partition coefficient (Wildman–Crippen LogP) is 3.96. The second kappa shape index (κ2) is 6.91. The normalized spacial score (nSPS) is 25.4. The van der Waals surface area contributed by atoms with Crippen molar-refractivity contribution in [2.45, 2.75) is 39.0 Å². The molecule has 0 unspecified atom stereocenters. The van der Waals surface area contributed by atoms with Crippen molar-refractivity contribution in [2.24, 2.45) is 17.8 Å². The van der Waals surface area contributed by atoms with Gasteiger partial charge in [0.1, 0.15) is 0 Å². The lowest BCUT2D eigenvalue weighted by atomic mass is 9.86. The Morgan fingerprint density at radius 2 is 2.13 bits per heavy atom. The van der Waals surface area contributed by atoms with Crippen LogP contribution < -0.4 is 5.32 Å². The van der Waals surface area contributed by atoms with Crippen LogP contribution in [0.25, 0.3) is 0 Å². The summed E-state index contributed by atoms with van der Waals surface area (Å²) in [6.07, 6.45) is 5.43. The zero-order valence-corrected chi connectivity index (χ0v) is 14.1. The van der Waals surface area contributed by atoms with Gasteiger partial charge in [0.05, 0.1) is 0 Å². The van der Waals surface area contributed by atoms with E-state index < -0.39 is 0 Å². The molecule has 2 aliphatic rings. The van der Waals surface area contributed by atoms with E-state index in [1.165, 1.54) is 19.3 Å². The van der Waals surface area contributed by atoms with Crippen molar-refractivity contribution in [1.29, 1.82) is 0 Å². The van der Waals surface area contributed by atoms with E-state index in [2.05, 4.69) is 5.32 Å². The summed E-state index contributed by atoms with van der Waals surface area (Å²) in [4.78, 5) is 23.8. The molecule has 1 amide bonds. The minimum Gasteiger partial charge on any atom is -0.456 e. The number of carbonyl (C=O) groups is 2. The quantitative estimate of drug-likeness (QED) is 0.829. The van der Waals surface area contributed by atoms with Crippen LogP contribution in [-0.4, -0.2) is 18.5 Å². The lowest BCUT2D eigenvalue weighted by molar-refractivity contribution is -0.148. The van der Waals surface area contributed by atoms with Gasteiger partial charge in [-0.1, -0.05) is 24.1 Å². The summed E-state index contributed by atoms with van der Waals surface area (Å²) in [5, 5.41) is 3.28. The molecule has 5 heteroatoms. The zero-order chi connectivity index (χ0) is 16.4. The first kappa shape index (κ1) is 16.3. The summed E-state index contributed by atoms with van der Waals surface area (Å²) in [5.74, 6) is 1.36. The molecule has 0 aliphatic heterocycles. The van der Waals surface area contributed by atoms with Crippen LogP contribution >= 0.6 is 11.6 Å². The van der Waals surface area contributed by atoms with E-state index >= 15 is 0 Å².